The van der Waals surface area contributed by atoms with Gasteiger partial charge in [0.1, 0.15) is 0 Å². The topological polar surface area (TPSA) is 50.9 Å². The van der Waals surface area contributed by atoms with Crippen molar-refractivity contribution >= 4 is 26.7 Å². The fourth-order valence-corrected chi connectivity index (χ4v) is 3.12. The van der Waals surface area contributed by atoms with Crippen molar-refractivity contribution in [1.82, 2.24) is 10.3 Å². The Morgan fingerprint density at radius 1 is 1.21 bits per heavy atom. The molecule has 0 atom stereocenters. The third kappa shape index (κ3) is 3.67. The van der Waals surface area contributed by atoms with Gasteiger partial charge in [-0.15, -0.1) is 0 Å². The lowest BCUT2D eigenvalue weighted by Crippen LogP contribution is -2.16. The summed E-state index contributed by atoms with van der Waals surface area (Å²) in [5.41, 5.74) is 9.70. The predicted octanol–water partition coefficient (Wildman–Crippen LogP) is 3.37. The first-order chi connectivity index (χ1) is 9.24. The predicted molar refractivity (Wildman–Crippen MR) is 84.9 cm³/mol. The summed E-state index contributed by atoms with van der Waals surface area (Å²) in [6.07, 6.45) is 4.57. The zero-order chi connectivity index (χ0) is 13.7. The molecule has 0 unspecified atom stereocenters. The van der Waals surface area contributed by atoms with Crippen LogP contribution in [0.3, 0.4) is 0 Å². The summed E-state index contributed by atoms with van der Waals surface area (Å²) in [6.45, 7) is 6.61. The number of nitrogens with one attached hydrogen (secondary N) is 1. The van der Waals surface area contributed by atoms with Gasteiger partial charge in [-0.05, 0) is 62.0 Å². The molecule has 3 nitrogen and oxygen atoms in total. The Balaban J connectivity index is 2.07. The third-order valence-corrected chi connectivity index (χ3v) is 4.18. The van der Waals surface area contributed by atoms with Crippen LogP contribution in [0.25, 0.3) is 10.2 Å². The van der Waals surface area contributed by atoms with Crippen molar-refractivity contribution < 1.29 is 0 Å². The molecule has 0 saturated heterocycles. The molecular formula is C15H23N3S. The van der Waals surface area contributed by atoms with Crippen LogP contribution in [-0.2, 0) is 12.8 Å². The van der Waals surface area contributed by atoms with E-state index in [0.29, 0.717) is 5.13 Å². The number of aryl methyl sites for hydroxylation is 2. The van der Waals surface area contributed by atoms with Gasteiger partial charge in [0, 0.05) is 0 Å². The number of nitrogens with two attached hydrogens (primary N) is 1. The minimum absolute atomic E-state index is 0.666. The molecule has 0 spiro atoms. The summed E-state index contributed by atoms with van der Waals surface area (Å²) in [7, 11) is 0. The number of hydrogen-bond acceptors (Lipinski definition) is 4. The number of nitrogen functional groups attached to an aromatic ring is 1. The fourth-order valence-electron chi connectivity index (χ4n) is 2.34. The molecule has 0 amide bonds. The Morgan fingerprint density at radius 3 is 2.79 bits per heavy atom. The molecule has 0 saturated carbocycles. The third-order valence-electron chi connectivity index (χ3n) is 3.33. The first kappa shape index (κ1) is 14.3. The molecule has 19 heavy (non-hydrogen) atoms. The smallest absolute Gasteiger partial charge is 0.181 e. The van der Waals surface area contributed by atoms with Gasteiger partial charge in [-0.25, -0.2) is 4.98 Å². The van der Waals surface area contributed by atoms with Crippen LogP contribution in [0.1, 0.15) is 37.8 Å². The summed E-state index contributed by atoms with van der Waals surface area (Å²) in [5, 5.41) is 4.12. The van der Waals surface area contributed by atoms with Crippen molar-refractivity contribution in [2.75, 3.05) is 18.8 Å². The first-order valence-corrected chi connectivity index (χ1v) is 7.94. The lowest BCUT2D eigenvalue weighted by Gasteiger charge is -2.08. The van der Waals surface area contributed by atoms with Crippen LogP contribution in [0, 0.1) is 0 Å². The largest absolute Gasteiger partial charge is 0.375 e. The second-order valence-electron chi connectivity index (χ2n) is 4.85. The quantitative estimate of drug-likeness (QED) is 0.763. The number of hydrogen-bond donors (Lipinski definition) is 2. The summed E-state index contributed by atoms with van der Waals surface area (Å²) in [5.74, 6) is 0. The molecule has 1 aromatic heterocycles. The minimum atomic E-state index is 0.666. The van der Waals surface area contributed by atoms with Crippen molar-refractivity contribution in [3.05, 3.63) is 23.3 Å². The molecule has 0 bridgehead atoms. The summed E-state index contributed by atoms with van der Waals surface area (Å²) in [6, 6.07) is 4.49. The van der Waals surface area contributed by atoms with E-state index < -0.39 is 0 Å². The Hall–Kier alpha value is -1.13. The number of fused-ring (bicyclic) bond motifs is 1. The van der Waals surface area contributed by atoms with Gasteiger partial charge in [-0.1, -0.05) is 25.2 Å². The fraction of sp³-hybridized carbons (Fsp3) is 0.533. The molecule has 2 rings (SSSR count). The van der Waals surface area contributed by atoms with E-state index in [1.54, 1.807) is 11.3 Å². The molecular weight excluding hydrogens is 254 g/mol. The van der Waals surface area contributed by atoms with Gasteiger partial charge in [0.2, 0.25) is 0 Å². The van der Waals surface area contributed by atoms with Crippen LogP contribution in [0.2, 0.25) is 0 Å². The van der Waals surface area contributed by atoms with Gasteiger partial charge in [0.25, 0.3) is 0 Å². The lowest BCUT2D eigenvalue weighted by atomic mass is 10.0. The highest BCUT2D eigenvalue weighted by molar-refractivity contribution is 7.22. The number of rotatable bonds is 7. The van der Waals surface area contributed by atoms with E-state index in [1.807, 2.05) is 0 Å². The molecule has 0 fully saturated rings. The molecule has 104 valence electrons. The molecule has 1 aromatic carbocycles. The molecule has 0 aliphatic rings. The molecule has 4 heteroatoms. The second-order valence-corrected chi connectivity index (χ2v) is 5.91. The second kappa shape index (κ2) is 6.87. The van der Waals surface area contributed by atoms with Gasteiger partial charge in [-0.2, -0.15) is 0 Å². The van der Waals surface area contributed by atoms with E-state index in [4.69, 9.17) is 5.73 Å². The van der Waals surface area contributed by atoms with Crippen molar-refractivity contribution in [3.8, 4) is 0 Å². The van der Waals surface area contributed by atoms with Crippen molar-refractivity contribution in [3.63, 3.8) is 0 Å². The Bertz CT molecular complexity index is 533. The maximum atomic E-state index is 5.78. The van der Waals surface area contributed by atoms with E-state index in [9.17, 15) is 0 Å². The van der Waals surface area contributed by atoms with E-state index in [2.05, 4.69) is 36.3 Å². The summed E-state index contributed by atoms with van der Waals surface area (Å²) < 4.78 is 1.21. The maximum absolute atomic E-state index is 5.78. The van der Waals surface area contributed by atoms with Gasteiger partial charge in [0.15, 0.2) is 5.13 Å². The number of aromatic nitrogens is 1. The highest BCUT2D eigenvalue weighted by atomic mass is 32.1. The van der Waals surface area contributed by atoms with Crippen LogP contribution < -0.4 is 11.1 Å². The Labute approximate surface area is 119 Å². The highest BCUT2D eigenvalue weighted by Gasteiger charge is 2.07. The zero-order valence-corrected chi connectivity index (χ0v) is 12.6. The van der Waals surface area contributed by atoms with Crippen LogP contribution in [0.5, 0.6) is 0 Å². The monoisotopic (exact) mass is 277 g/mol. The standard InChI is InChI=1S/C15H23N3S/c1-3-7-17-8-5-6-12-9-13-14(10-11(12)4-2)19-15(16)18-13/h9-10,17H,3-8H2,1-2H3,(H2,16,18). The number of benzene rings is 1. The van der Waals surface area contributed by atoms with E-state index in [1.165, 1.54) is 28.7 Å². The molecule has 3 N–H and O–H groups in total. The highest BCUT2D eigenvalue weighted by Crippen LogP contribution is 2.27. The summed E-state index contributed by atoms with van der Waals surface area (Å²) >= 11 is 1.58. The van der Waals surface area contributed by atoms with Crippen molar-refractivity contribution in [2.24, 2.45) is 0 Å². The van der Waals surface area contributed by atoms with Crippen LogP contribution >= 0.6 is 11.3 Å². The molecule has 0 aliphatic carbocycles. The average molecular weight is 277 g/mol. The normalized spacial score (nSPS) is 11.3. The van der Waals surface area contributed by atoms with Crippen LogP contribution in [0.15, 0.2) is 12.1 Å². The van der Waals surface area contributed by atoms with E-state index >= 15 is 0 Å². The van der Waals surface area contributed by atoms with Crippen LogP contribution in [-0.4, -0.2) is 18.1 Å². The number of thiazole rings is 1. The van der Waals surface area contributed by atoms with Crippen molar-refractivity contribution in [2.45, 2.75) is 39.5 Å². The lowest BCUT2D eigenvalue weighted by molar-refractivity contribution is 0.639. The molecule has 0 radical (unpaired) electrons. The first-order valence-electron chi connectivity index (χ1n) is 7.13. The Kier molecular flexibility index (Phi) is 5.16. The maximum Gasteiger partial charge on any atom is 0.181 e. The molecule has 0 aliphatic heterocycles. The molecule has 1 heterocycles. The van der Waals surface area contributed by atoms with Gasteiger partial charge >= 0.3 is 0 Å². The van der Waals surface area contributed by atoms with Gasteiger partial charge in [-0.3, -0.25) is 0 Å². The summed E-state index contributed by atoms with van der Waals surface area (Å²) in [4.78, 5) is 4.39. The number of nitrogens with zero attached hydrogens (tertiary/aromatic N) is 1. The molecule has 2 aromatic rings. The van der Waals surface area contributed by atoms with E-state index in [0.717, 1.165) is 31.4 Å². The van der Waals surface area contributed by atoms with Gasteiger partial charge < -0.3 is 11.1 Å². The SMILES string of the molecule is CCCNCCCc1cc2nc(N)sc2cc1CC. The van der Waals surface area contributed by atoms with Crippen molar-refractivity contribution in [1.29, 1.82) is 0 Å². The average Bonchev–Trinajstić information content (AvgIpc) is 2.76. The zero-order valence-electron chi connectivity index (χ0n) is 11.8. The minimum Gasteiger partial charge on any atom is -0.375 e. The van der Waals surface area contributed by atoms with Crippen LogP contribution in [0.4, 0.5) is 5.13 Å². The Morgan fingerprint density at radius 2 is 2.05 bits per heavy atom. The van der Waals surface area contributed by atoms with E-state index in [-0.39, 0.29) is 0 Å². The van der Waals surface area contributed by atoms with Gasteiger partial charge in [0.05, 0.1) is 10.2 Å². The number of anilines is 1.